The van der Waals surface area contributed by atoms with Crippen LogP contribution < -0.4 is 22.5 Å². The number of nitrogens with one attached hydrogen (secondary N) is 1. The highest BCUT2D eigenvalue weighted by Crippen LogP contribution is 2.29. The molecule has 0 aliphatic heterocycles. The Kier molecular flexibility index (Phi) is 18.3. The normalized spacial score (nSPS) is 12.0. The fourth-order valence-corrected chi connectivity index (χ4v) is 3.87. The average molecular weight is 703 g/mol. The molecule has 0 bridgehead atoms. The summed E-state index contributed by atoms with van der Waals surface area (Å²) in [6, 6.07) is 16.2. The second kappa shape index (κ2) is 21.5. The number of phenols is 8. The van der Waals surface area contributed by atoms with E-state index in [1.165, 1.54) is 60.7 Å². The molecule has 4 aromatic carbocycles. The molecule has 4 rings (SSSR count). The van der Waals surface area contributed by atoms with E-state index in [9.17, 15) is 15.0 Å². The van der Waals surface area contributed by atoms with E-state index in [0.717, 1.165) is 5.56 Å². The number of rotatable bonds is 10. The van der Waals surface area contributed by atoms with Crippen molar-refractivity contribution < 1.29 is 61.0 Å². The van der Waals surface area contributed by atoms with Gasteiger partial charge in [-0.3, -0.25) is 4.79 Å². The van der Waals surface area contributed by atoms with Gasteiger partial charge in [0.1, 0.15) is 6.04 Å². The molecule has 0 heterocycles. The average Bonchev–Trinajstić information content (AvgIpc) is 3.07. The van der Waals surface area contributed by atoms with Gasteiger partial charge >= 0.3 is 5.97 Å². The standard InChI is InChI=1S/C9H11NO4.C9H13NO3.C8H11NO3.C8H11NO2/c10-6(9(13)14)3-5-1-2-7(11)8(12)4-5;1-10-5-9(13)6-2-3-7(11)8(12)4-6;9-4-8(12)5-1-2-6(10)7(11)3-5;9-4-3-6-1-2-7(10)8(11)5-6/h1-2,4,6,11-12H,3,10H2,(H,13,14);2-4,9-13H,5H2,1H3;1-3,8,10-12H,4,9H2;1-2,5,10-11H,3-4,9H2/t6-;9-;8-;/m000./s1. The number of likely N-dealkylation sites (N-methyl/N-ethyl adjacent to an activating group) is 1. The van der Waals surface area contributed by atoms with E-state index < -0.39 is 24.2 Å². The van der Waals surface area contributed by atoms with Crippen LogP contribution in [0.2, 0.25) is 0 Å². The molecule has 0 spiro atoms. The molecule has 18 N–H and O–H groups in total. The first-order valence-electron chi connectivity index (χ1n) is 15.0. The quantitative estimate of drug-likeness (QED) is 0.103. The molecular formula is C34H46N4O12. The van der Waals surface area contributed by atoms with Crippen LogP contribution in [0.1, 0.15) is 34.5 Å². The predicted octanol–water partition coefficient (Wildman–Crippen LogP) is 1.09. The van der Waals surface area contributed by atoms with E-state index in [2.05, 4.69) is 5.32 Å². The van der Waals surface area contributed by atoms with E-state index in [1.807, 2.05) is 0 Å². The highest BCUT2D eigenvalue weighted by Gasteiger charge is 2.13. The van der Waals surface area contributed by atoms with Gasteiger partial charge in [0, 0.05) is 13.1 Å². The molecule has 0 aromatic heterocycles. The zero-order chi connectivity index (χ0) is 38.0. The van der Waals surface area contributed by atoms with Crippen molar-refractivity contribution in [1.29, 1.82) is 0 Å². The van der Waals surface area contributed by atoms with Crippen molar-refractivity contribution in [3.05, 3.63) is 95.1 Å². The van der Waals surface area contributed by atoms with Crippen molar-refractivity contribution >= 4 is 5.97 Å². The molecule has 0 fully saturated rings. The second-order valence-corrected chi connectivity index (χ2v) is 10.7. The molecule has 0 saturated carbocycles. The Labute approximate surface area is 288 Å². The van der Waals surface area contributed by atoms with Gasteiger partial charge in [0.25, 0.3) is 0 Å². The van der Waals surface area contributed by atoms with Gasteiger partial charge in [-0.1, -0.05) is 24.3 Å². The number of aliphatic hydroxyl groups excluding tert-OH is 2. The van der Waals surface area contributed by atoms with Gasteiger partial charge in [-0.05, 0) is 97.2 Å². The summed E-state index contributed by atoms with van der Waals surface area (Å²) in [5, 5.41) is 102. The Morgan fingerprint density at radius 2 is 1.02 bits per heavy atom. The number of carboxylic acids is 1. The summed E-state index contributed by atoms with van der Waals surface area (Å²) in [4.78, 5) is 10.4. The lowest BCUT2D eigenvalue weighted by molar-refractivity contribution is -0.138. The van der Waals surface area contributed by atoms with Crippen molar-refractivity contribution in [2.75, 3.05) is 26.7 Å². The number of carboxylic acid groups (broad SMARTS) is 1. The highest BCUT2D eigenvalue weighted by atomic mass is 16.4. The van der Waals surface area contributed by atoms with Crippen molar-refractivity contribution in [3.63, 3.8) is 0 Å². The maximum absolute atomic E-state index is 10.4. The van der Waals surface area contributed by atoms with Crippen LogP contribution in [0.15, 0.2) is 72.8 Å². The summed E-state index contributed by atoms with van der Waals surface area (Å²) in [7, 11) is 1.73. The Morgan fingerprint density at radius 3 is 1.40 bits per heavy atom. The predicted molar refractivity (Wildman–Crippen MR) is 184 cm³/mol. The third-order valence-electron chi connectivity index (χ3n) is 6.67. The molecule has 16 heteroatoms. The fourth-order valence-electron chi connectivity index (χ4n) is 3.87. The minimum atomic E-state index is -1.10. The number of nitrogens with two attached hydrogens (primary N) is 3. The zero-order valence-electron chi connectivity index (χ0n) is 27.3. The van der Waals surface area contributed by atoms with Crippen LogP contribution in [0.4, 0.5) is 0 Å². The molecule has 0 unspecified atom stereocenters. The molecule has 274 valence electrons. The maximum atomic E-state index is 10.4. The SMILES string of the molecule is CNC[C@H](O)c1ccc(O)c(O)c1.NCCc1ccc(O)c(O)c1.NC[C@H](O)c1ccc(O)c(O)c1.N[C@@H](Cc1ccc(O)c(O)c1)C(=O)O. The second-order valence-electron chi connectivity index (χ2n) is 10.7. The molecule has 0 amide bonds. The van der Waals surface area contributed by atoms with Crippen molar-refractivity contribution in [3.8, 4) is 46.0 Å². The van der Waals surface area contributed by atoms with Gasteiger partial charge < -0.3 is 78.7 Å². The first-order chi connectivity index (χ1) is 23.5. The van der Waals surface area contributed by atoms with E-state index in [1.54, 1.807) is 19.2 Å². The molecule has 0 radical (unpaired) electrons. The Bertz CT molecular complexity index is 1640. The van der Waals surface area contributed by atoms with E-state index in [4.69, 9.17) is 63.2 Å². The van der Waals surface area contributed by atoms with Gasteiger partial charge in [0.15, 0.2) is 46.0 Å². The van der Waals surface area contributed by atoms with Gasteiger partial charge in [-0.2, -0.15) is 0 Å². The topological polar surface area (TPSA) is 330 Å². The van der Waals surface area contributed by atoms with Crippen LogP contribution in [-0.4, -0.2) is 94.9 Å². The highest BCUT2D eigenvalue weighted by molar-refractivity contribution is 5.73. The third-order valence-corrected chi connectivity index (χ3v) is 6.67. The Morgan fingerprint density at radius 1 is 0.620 bits per heavy atom. The summed E-state index contributed by atoms with van der Waals surface area (Å²) >= 11 is 0. The van der Waals surface area contributed by atoms with Gasteiger partial charge in [-0.15, -0.1) is 0 Å². The number of aliphatic hydroxyl groups is 2. The minimum Gasteiger partial charge on any atom is -0.504 e. The molecule has 4 aromatic rings. The molecule has 16 nitrogen and oxygen atoms in total. The van der Waals surface area contributed by atoms with Crippen molar-refractivity contribution in [1.82, 2.24) is 5.32 Å². The van der Waals surface area contributed by atoms with E-state index in [-0.39, 0.29) is 59.0 Å². The Hall–Kier alpha value is -5.49. The smallest absolute Gasteiger partial charge is 0.320 e. The number of hydrogen-bond donors (Lipinski definition) is 15. The van der Waals surface area contributed by atoms with Crippen molar-refractivity contribution in [2.45, 2.75) is 31.1 Å². The monoisotopic (exact) mass is 702 g/mol. The fraction of sp³-hybridized carbons (Fsp3) is 0.265. The molecule has 0 aliphatic carbocycles. The van der Waals surface area contributed by atoms with Crippen LogP contribution in [0, 0.1) is 0 Å². The largest absolute Gasteiger partial charge is 0.504 e. The lowest BCUT2D eigenvalue weighted by Gasteiger charge is -2.10. The lowest BCUT2D eigenvalue weighted by atomic mass is 10.1. The molecule has 0 saturated heterocycles. The molecular weight excluding hydrogens is 656 g/mol. The lowest BCUT2D eigenvalue weighted by Crippen LogP contribution is -2.32. The Balaban J connectivity index is 0.000000335. The third kappa shape index (κ3) is 14.7. The summed E-state index contributed by atoms with van der Waals surface area (Å²) in [5.41, 5.74) is 18.4. The number of carbonyl (C=O) groups is 1. The number of benzene rings is 4. The van der Waals surface area contributed by atoms with Crippen LogP contribution in [-0.2, 0) is 17.6 Å². The number of phenolic OH excluding ortho intramolecular Hbond substituents is 8. The first-order valence-corrected chi connectivity index (χ1v) is 15.0. The first kappa shape index (κ1) is 42.5. The van der Waals surface area contributed by atoms with Gasteiger partial charge in [-0.25, -0.2) is 0 Å². The zero-order valence-corrected chi connectivity index (χ0v) is 27.3. The maximum Gasteiger partial charge on any atom is 0.320 e. The molecule has 50 heavy (non-hydrogen) atoms. The van der Waals surface area contributed by atoms with Crippen LogP contribution in [0.3, 0.4) is 0 Å². The number of hydrogen-bond acceptors (Lipinski definition) is 15. The van der Waals surface area contributed by atoms with Crippen molar-refractivity contribution in [2.24, 2.45) is 17.2 Å². The van der Waals surface area contributed by atoms with Crippen LogP contribution in [0.5, 0.6) is 46.0 Å². The number of aromatic hydroxyl groups is 8. The summed E-state index contributed by atoms with van der Waals surface area (Å²) in [6.07, 6.45) is -0.634. The summed E-state index contributed by atoms with van der Waals surface area (Å²) in [5.74, 6) is -2.65. The van der Waals surface area contributed by atoms with Crippen LogP contribution in [0.25, 0.3) is 0 Å². The molecule has 3 atom stereocenters. The molecule has 0 aliphatic rings. The summed E-state index contributed by atoms with van der Waals surface area (Å²) in [6.45, 7) is 1.04. The summed E-state index contributed by atoms with van der Waals surface area (Å²) < 4.78 is 0. The van der Waals surface area contributed by atoms with Gasteiger partial charge in [0.05, 0.1) is 12.2 Å². The van der Waals surface area contributed by atoms with E-state index >= 15 is 0 Å². The minimum absolute atomic E-state index is 0.0871. The van der Waals surface area contributed by atoms with E-state index in [0.29, 0.717) is 36.2 Å². The van der Waals surface area contributed by atoms with Crippen LogP contribution >= 0.6 is 0 Å². The van der Waals surface area contributed by atoms with Gasteiger partial charge in [0.2, 0.25) is 0 Å². The number of aliphatic carboxylic acids is 1.